The molecular weight excluding hydrogens is 763 g/mol. The number of amides is 4. The van der Waals surface area contributed by atoms with Crippen molar-refractivity contribution in [1.29, 1.82) is 0 Å². The fraction of sp³-hybridized carbons (Fsp3) is 0.744. The van der Waals surface area contributed by atoms with Crippen LogP contribution in [0.4, 0.5) is 0 Å². The Balaban J connectivity index is 1.80. The summed E-state index contributed by atoms with van der Waals surface area (Å²) in [6.07, 6.45) is 1.70. The van der Waals surface area contributed by atoms with Crippen LogP contribution in [0, 0.1) is 29.6 Å². The van der Waals surface area contributed by atoms with E-state index in [1.807, 2.05) is 47.6 Å². The van der Waals surface area contributed by atoms with Crippen LogP contribution in [-0.4, -0.2) is 124 Å². The second kappa shape index (κ2) is 22.3. The number of methoxy groups -OCH3 is 2. The molecule has 0 radical (unpaired) electrons. The van der Waals surface area contributed by atoms with Crippen LogP contribution in [-0.2, 0) is 49.9 Å². The number of carbonyl (C=O) groups is 5. The minimum Gasteiger partial charge on any atom is -0.379 e. The number of rotatable bonds is 24. The minimum atomic E-state index is -3.85. The number of likely N-dealkylation sites (N-methyl/N-ethyl adjacent to an activating group) is 2. The zero-order valence-electron chi connectivity index (χ0n) is 36.7. The molecule has 58 heavy (non-hydrogen) atoms. The highest BCUT2D eigenvalue weighted by molar-refractivity contribution is 7.90. The van der Waals surface area contributed by atoms with Gasteiger partial charge < -0.3 is 29.9 Å². The van der Waals surface area contributed by atoms with Gasteiger partial charge in [0, 0.05) is 46.6 Å². The van der Waals surface area contributed by atoms with Gasteiger partial charge >= 0.3 is 0 Å². The summed E-state index contributed by atoms with van der Waals surface area (Å²) in [4.78, 5) is 72.6. The Morgan fingerprint density at radius 1 is 0.897 bits per heavy atom. The first kappa shape index (κ1) is 49.0. The first-order valence-corrected chi connectivity index (χ1v) is 22.6. The van der Waals surface area contributed by atoms with Gasteiger partial charge in [0.1, 0.15) is 6.04 Å². The van der Waals surface area contributed by atoms with Gasteiger partial charge in [0.05, 0.1) is 47.9 Å². The highest BCUT2D eigenvalue weighted by Crippen LogP contribution is 2.31. The number of hydrogen-bond acceptors (Lipinski definition) is 10. The largest absolute Gasteiger partial charge is 0.379 e. The highest BCUT2D eigenvalue weighted by Gasteiger charge is 2.44. The number of benzene rings is 1. The van der Waals surface area contributed by atoms with Crippen LogP contribution in [0.15, 0.2) is 30.3 Å². The van der Waals surface area contributed by atoms with Crippen LogP contribution in [0.5, 0.6) is 0 Å². The molecule has 1 saturated carbocycles. The third-order valence-corrected chi connectivity index (χ3v) is 14.1. The second-order valence-electron chi connectivity index (χ2n) is 17.1. The van der Waals surface area contributed by atoms with Crippen LogP contribution in [0.25, 0.3) is 0 Å². The van der Waals surface area contributed by atoms with Gasteiger partial charge in [-0.05, 0) is 56.0 Å². The van der Waals surface area contributed by atoms with E-state index in [-0.39, 0.29) is 60.7 Å². The van der Waals surface area contributed by atoms with Crippen LogP contribution in [0.2, 0.25) is 0 Å². The summed E-state index contributed by atoms with van der Waals surface area (Å²) in [5.74, 6) is -3.13. The molecule has 1 aromatic rings. The molecule has 1 heterocycles. The third kappa shape index (κ3) is 12.8. The van der Waals surface area contributed by atoms with Gasteiger partial charge in [-0.1, -0.05) is 85.2 Å². The van der Waals surface area contributed by atoms with Crippen LogP contribution in [0.1, 0.15) is 99.0 Å². The summed E-state index contributed by atoms with van der Waals surface area (Å²) in [7, 11) is 2.66. The van der Waals surface area contributed by atoms with Crippen LogP contribution in [0.3, 0.4) is 0 Å². The molecule has 9 atom stereocenters. The summed E-state index contributed by atoms with van der Waals surface area (Å²) in [6, 6.07) is 6.57. The van der Waals surface area contributed by atoms with Gasteiger partial charge in [-0.3, -0.25) is 28.7 Å². The van der Waals surface area contributed by atoms with Gasteiger partial charge in [0.2, 0.25) is 27.7 Å². The van der Waals surface area contributed by atoms with E-state index < -0.39 is 69.3 Å². The lowest BCUT2D eigenvalue weighted by atomic mass is 9.84. The fourth-order valence-electron chi connectivity index (χ4n) is 8.42. The monoisotopic (exact) mass is 833 g/mol. The van der Waals surface area contributed by atoms with Crippen molar-refractivity contribution in [1.82, 2.24) is 25.2 Å². The normalized spacial score (nSPS) is 20.1. The molecule has 1 saturated heterocycles. The lowest BCUT2D eigenvalue weighted by molar-refractivity contribution is -0.149. The maximum absolute atomic E-state index is 14.3. The topological polar surface area (TPSA) is 181 Å². The molecule has 1 aromatic carbocycles. The molecule has 0 spiro atoms. The van der Waals surface area contributed by atoms with E-state index >= 15 is 0 Å². The molecule has 1 aliphatic heterocycles. The number of likely N-dealkylation sites (tertiary alicyclic amines) is 1. The molecule has 4 amide bonds. The molecule has 1 unspecified atom stereocenters. The number of ether oxygens (including phenoxy) is 2. The molecule has 3 rings (SSSR count). The first-order valence-electron chi connectivity index (χ1n) is 21.0. The zero-order valence-corrected chi connectivity index (χ0v) is 37.5. The standard InChI is InChI=1S/C43H71N5O9S/c1-12-28(6)39(47(9)43(53)32(26(2)3)24-35(49)38(44-8)27(4)5)36(56-10)25-37(50)48-22-16-19-34(48)40(57-11)29(7)41(51)45-33(23-30-17-14-13-15-18-30)42(52)46-58(54,55)31-20-21-31/h13-15,17-18,26-29,31-34,36,38-40,44H,12,16,19-25H2,1-11H3,(H,45,51)(H,46,52)/t28-,29+,32-,33-,34-,36+,38-,39?,40+/m0/s1. The van der Waals surface area contributed by atoms with Crippen molar-refractivity contribution in [2.45, 2.75) is 141 Å². The Bertz CT molecular complexity index is 1640. The smallest absolute Gasteiger partial charge is 0.256 e. The Kier molecular flexibility index (Phi) is 18.8. The summed E-state index contributed by atoms with van der Waals surface area (Å²) >= 11 is 0. The maximum Gasteiger partial charge on any atom is 0.256 e. The number of hydrogen-bond donors (Lipinski definition) is 3. The quantitative estimate of drug-likeness (QED) is 0.139. The summed E-state index contributed by atoms with van der Waals surface area (Å²) in [5, 5.41) is 5.28. The van der Waals surface area contributed by atoms with Gasteiger partial charge in [-0.15, -0.1) is 0 Å². The lowest BCUT2D eigenvalue weighted by Gasteiger charge is -2.41. The Labute approximate surface area is 347 Å². The van der Waals surface area contributed by atoms with Gasteiger partial charge in [-0.25, -0.2) is 8.42 Å². The Hall–Kier alpha value is -3.40. The van der Waals surface area contributed by atoms with Crippen molar-refractivity contribution in [3.8, 4) is 0 Å². The number of nitrogens with zero attached hydrogens (tertiary/aromatic N) is 2. The Morgan fingerprint density at radius 3 is 2.05 bits per heavy atom. The first-order chi connectivity index (χ1) is 27.3. The number of nitrogens with one attached hydrogen (secondary N) is 3. The third-order valence-electron chi connectivity index (χ3n) is 12.2. The molecule has 3 N–H and O–H groups in total. The van der Waals surface area contributed by atoms with Crippen molar-refractivity contribution in [2.75, 3.05) is 34.9 Å². The average molecular weight is 834 g/mol. The van der Waals surface area contributed by atoms with E-state index in [0.717, 1.165) is 12.0 Å². The predicted molar refractivity (Wildman–Crippen MR) is 224 cm³/mol. The minimum absolute atomic E-state index is 0.0105. The highest BCUT2D eigenvalue weighted by atomic mass is 32.2. The molecule has 0 aromatic heterocycles. The number of ketones is 1. The summed E-state index contributed by atoms with van der Waals surface area (Å²) in [5.41, 5.74) is 0.743. The molecule has 1 aliphatic carbocycles. The zero-order chi connectivity index (χ0) is 43.5. The molecular formula is C43H71N5O9S. The van der Waals surface area contributed by atoms with E-state index in [0.29, 0.717) is 32.2 Å². The van der Waals surface area contributed by atoms with Crippen molar-refractivity contribution in [2.24, 2.45) is 29.6 Å². The van der Waals surface area contributed by atoms with Crippen LogP contribution < -0.4 is 15.4 Å². The van der Waals surface area contributed by atoms with E-state index in [1.165, 1.54) is 7.11 Å². The predicted octanol–water partition coefficient (Wildman–Crippen LogP) is 3.72. The molecule has 0 bridgehead atoms. The molecule has 14 nitrogen and oxygen atoms in total. The fourth-order valence-corrected chi connectivity index (χ4v) is 9.77. The molecule has 328 valence electrons. The Morgan fingerprint density at radius 2 is 1.53 bits per heavy atom. The second-order valence-corrected chi connectivity index (χ2v) is 19.0. The molecule has 15 heteroatoms. The van der Waals surface area contributed by atoms with E-state index in [2.05, 4.69) is 15.4 Å². The van der Waals surface area contributed by atoms with Crippen molar-refractivity contribution >= 4 is 39.4 Å². The van der Waals surface area contributed by atoms with Gasteiger partial charge in [-0.2, -0.15) is 0 Å². The lowest BCUT2D eigenvalue weighted by Crippen LogP contribution is -2.55. The summed E-state index contributed by atoms with van der Waals surface area (Å²) in [6.45, 7) is 14.0. The summed E-state index contributed by atoms with van der Waals surface area (Å²) < 4.78 is 39.5. The SMILES string of the molecule is CC[C@H](C)C([C@@H](CC(=O)N1CCC[C@H]1[C@H](OC)[C@@H](C)C(=O)N[C@@H](Cc1ccccc1)C(=O)NS(=O)(=O)C1CC1)OC)N(C)C(=O)[C@@H](CC(=O)[C@@H](NC)C(C)C)C(C)C. The van der Waals surface area contributed by atoms with E-state index in [9.17, 15) is 32.4 Å². The van der Waals surface area contributed by atoms with Crippen LogP contribution >= 0.6 is 0 Å². The van der Waals surface area contributed by atoms with Crippen molar-refractivity contribution in [3.63, 3.8) is 0 Å². The van der Waals surface area contributed by atoms with Crippen molar-refractivity contribution in [3.05, 3.63) is 35.9 Å². The van der Waals surface area contributed by atoms with E-state index in [1.54, 1.807) is 62.2 Å². The van der Waals surface area contributed by atoms with E-state index in [4.69, 9.17) is 9.47 Å². The van der Waals surface area contributed by atoms with Crippen molar-refractivity contribution < 1.29 is 41.9 Å². The number of carbonyl (C=O) groups excluding carboxylic acids is 5. The molecule has 2 fully saturated rings. The average Bonchev–Trinajstić information content (AvgIpc) is 3.95. The van der Waals surface area contributed by atoms with Gasteiger partial charge in [0.25, 0.3) is 5.91 Å². The van der Waals surface area contributed by atoms with Gasteiger partial charge in [0.15, 0.2) is 5.78 Å². The molecule has 2 aliphatic rings. The number of Topliss-reactive ketones (excluding diaryl/α,β-unsaturated/α-hetero) is 1. The number of sulfonamides is 1. The maximum atomic E-state index is 14.3.